The first kappa shape index (κ1) is 15.8. The maximum Gasteiger partial charge on any atom is 0.253 e. The predicted molar refractivity (Wildman–Crippen MR) is 80.5 cm³/mol. The summed E-state index contributed by atoms with van der Waals surface area (Å²) in [5.74, 6) is 0.397. The van der Waals surface area contributed by atoms with Crippen molar-refractivity contribution in [1.29, 1.82) is 0 Å². The molecule has 0 fully saturated rings. The van der Waals surface area contributed by atoms with Gasteiger partial charge < -0.3 is 10.6 Å². The van der Waals surface area contributed by atoms with E-state index in [0.717, 1.165) is 18.6 Å². The molecule has 0 aliphatic carbocycles. The third kappa shape index (κ3) is 5.11. The van der Waals surface area contributed by atoms with E-state index in [1.807, 2.05) is 13.2 Å². The van der Waals surface area contributed by atoms with Crippen LogP contribution in [0.5, 0.6) is 0 Å². The molecule has 1 rings (SSSR count). The van der Waals surface area contributed by atoms with E-state index in [0.29, 0.717) is 24.3 Å². The first-order valence-electron chi connectivity index (χ1n) is 6.50. The first-order valence-corrected chi connectivity index (χ1v) is 7.89. The molecule has 19 heavy (non-hydrogen) atoms. The molecular formula is C14H21FN2OS. The zero-order chi connectivity index (χ0) is 14.1. The number of rotatable bonds is 8. The number of carbonyl (C=O) groups excluding carboxylic acids is 1. The highest BCUT2D eigenvalue weighted by molar-refractivity contribution is 7.98. The van der Waals surface area contributed by atoms with Gasteiger partial charge in [0.25, 0.3) is 5.91 Å². The van der Waals surface area contributed by atoms with E-state index in [1.165, 1.54) is 6.07 Å². The molecule has 0 bridgehead atoms. The Kier molecular flexibility index (Phi) is 7.33. The first-order chi connectivity index (χ1) is 9.20. The lowest BCUT2D eigenvalue weighted by Crippen LogP contribution is -2.26. The number of hydrogen-bond acceptors (Lipinski definition) is 3. The fourth-order valence-corrected chi connectivity index (χ4v) is 2.09. The lowest BCUT2D eigenvalue weighted by atomic mass is 10.1. The maximum atomic E-state index is 13.7. The Hall–Kier alpha value is -1.23. The van der Waals surface area contributed by atoms with E-state index in [2.05, 4.69) is 10.6 Å². The van der Waals surface area contributed by atoms with Crippen LogP contribution in [-0.2, 0) is 0 Å². The summed E-state index contributed by atoms with van der Waals surface area (Å²) in [6.45, 7) is 3.26. The molecule has 0 aromatic heterocycles. The number of carbonyl (C=O) groups is 1. The fourth-order valence-electron chi connectivity index (χ4n) is 1.66. The van der Waals surface area contributed by atoms with Crippen molar-refractivity contribution < 1.29 is 9.18 Å². The summed E-state index contributed by atoms with van der Waals surface area (Å²) in [5.41, 5.74) is 0.671. The Morgan fingerprint density at radius 1 is 1.37 bits per heavy atom. The van der Waals surface area contributed by atoms with Crippen LogP contribution in [0.3, 0.4) is 0 Å². The third-order valence-electron chi connectivity index (χ3n) is 2.62. The van der Waals surface area contributed by atoms with Gasteiger partial charge in [-0.25, -0.2) is 4.39 Å². The summed E-state index contributed by atoms with van der Waals surface area (Å²) in [7, 11) is 0. The average molecular weight is 284 g/mol. The van der Waals surface area contributed by atoms with Crippen LogP contribution in [0.25, 0.3) is 0 Å². The molecule has 0 heterocycles. The minimum absolute atomic E-state index is 0.223. The van der Waals surface area contributed by atoms with E-state index in [-0.39, 0.29) is 11.7 Å². The van der Waals surface area contributed by atoms with E-state index in [4.69, 9.17) is 0 Å². The molecule has 3 nitrogen and oxygen atoms in total. The van der Waals surface area contributed by atoms with E-state index in [9.17, 15) is 9.18 Å². The molecule has 0 saturated carbocycles. The lowest BCUT2D eigenvalue weighted by Gasteiger charge is -2.12. The van der Waals surface area contributed by atoms with Gasteiger partial charge in [-0.15, -0.1) is 0 Å². The van der Waals surface area contributed by atoms with Gasteiger partial charge in [0.1, 0.15) is 5.82 Å². The molecule has 1 aromatic carbocycles. The zero-order valence-electron chi connectivity index (χ0n) is 11.5. The Balaban J connectivity index is 2.69. The Bertz CT molecular complexity index is 412. The summed E-state index contributed by atoms with van der Waals surface area (Å²) in [4.78, 5) is 12.0. The van der Waals surface area contributed by atoms with Crippen molar-refractivity contribution in [2.75, 3.05) is 30.4 Å². The Morgan fingerprint density at radius 3 is 2.84 bits per heavy atom. The monoisotopic (exact) mass is 284 g/mol. The van der Waals surface area contributed by atoms with Gasteiger partial charge in [-0.1, -0.05) is 13.0 Å². The highest BCUT2D eigenvalue weighted by Crippen LogP contribution is 2.19. The molecule has 2 N–H and O–H groups in total. The number of halogens is 1. The summed E-state index contributed by atoms with van der Waals surface area (Å²) in [6.07, 6.45) is 3.82. The van der Waals surface area contributed by atoms with Crippen LogP contribution in [0.1, 0.15) is 30.1 Å². The number of benzene rings is 1. The fraction of sp³-hybridized carbons (Fsp3) is 0.500. The Labute approximate surface area is 118 Å². The minimum atomic E-state index is -0.384. The summed E-state index contributed by atoms with van der Waals surface area (Å²) < 4.78 is 13.7. The van der Waals surface area contributed by atoms with Gasteiger partial charge >= 0.3 is 0 Å². The molecule has 0 aliphatic rings. The molecule has 0 spiro atoms. The normalized spacial score (nSPS) is 10.3. The quantitative estimate of drug-likeness (QED) is 0.721. The second-order valence-corrected chi connectivity index (χ2v) is 5.18. The number of amides is 1. The number of nitrogens with one attached hydrogen (secondary N) is 2. The molecule has 5 heteroatoms. The van der Waals surface area contributed by atoms with Crippen molar-refractivity contribution in [2.24, 2.45) is 0 Å². The van der Waals surface area contributed by atoms with E-state index in [1.54, 1.807) is 23.9 Å². The second-order valence-electron chi connectivity index (χ2n) is 4.19. The molecule has 0 saturated heterocycles. The largest absolute Gasteiger partial charge is 0.382 e. The van der Waals surface area contributed by atoms with Crippen LogP contribution >= 0.6 is 11.8 Å². The number of para-hydroxylation sites is 1. The minimum Gasteiger partial charge on any atom is -0.382 e. The maximum absolute atomic E-state index is 13.7. The van der Waals surface area contributed by atoms with Gasteiger partial charge in [-0.3, -0.25) is 4.79 Å². The molecule has 1 amide bonds. The van der Waals surface area contributed by atoms with E-state index < -0.39 is 0 Å². The van der Waals surface area contributed by atoms with Crippen molar-refractivity contribution in [2.45, 2.75) is 19.8 Å². The molecular weight excluding hydrogens is 263 g/mol. The highest BCUT2D eigenvalue weighted by atomic mass is 32.2. The lowest BCUT2D eigenvalue weighted by molar-refractivity contribution is 0.0954. The zero-order valence-corrected chi connectivity index (χ0v) is 12.3. The van der Waals surface area contributed by atoms with Crippen LogP contribution in [0, 0.1) is 5.82 Å². The van der Waals surface area contributed by atoms with E-state index >= 15 is 0 Å². The Morgan fingerprint density at radius 2 is 2.16 bits per heavy atom. The van der Waals surface area contributed by atoms with Gasteiger partial charge in [0.05, 0.1) is 11.3 Å². The average Bonchev–Trinajstić information content (AvgIpc) is 2.42. The standard InChI is InChI=1S/C14H21FN2OS/c1-3-8-16-13-11(6-4-7-12(13)15)14(18)17-9-5-10-19-2/h4,6-7,16H,3,5,8-10H2,1-2H3,(H,17,18). The third-order valence-corrected chi connectivity index (χ3v) is 3.32. The van der Waals surface area contributed by atoms with Crippen molar-refractivity contribution in [3.8, 4) is 0 Å². The highest BCUT2D eigenvalue weighted by Gasteiger charge is 2.14. The van der Waals surface area contributed by atoms with Crippen molar-refractivity contribution in [1.82, 2.24) is 5.32 Å². The van der Waals surface area contributed by atoms with Gasteiger partial charge in [-0.2, -0.15) is 11.8 Å². The van der Waals surface area contributed by atoms with Crippen LogP contribution in [-0.4, -0.2) is 31.0 Å². The molecule has 0 aliphatic heterocycles. The van der Waals surface area contributed by atoms with Gasteiger partial charge in [0.15, 0.2) is 0 Å². The van der Waals surface area contributed by atoms with Crippen molar-refractivity contribution in [3.63, 3.8) is 0 Å². The van der Waals surface area contributed by atoms with Gasteiger partial charge in [0.2, 0.25) is 0 Å². The SMILES string of the molecule is CCCNc1c(F)cccc1C(=O)NCCCSC. The number of hydrogen-bond donors (Lipinski definition) is 2. The van der Waals surface area contributed by atoms with Gasteiger partial charge in [0, 0.05) is 13.1 Å². The van der Waals surface area contributed by atoms with Crippen LogP contribution in [0.2, 0.25) is 0 Å². The molecule has 1 aromatic rings. The smallest absolute Gasteiger partial charge is 0.253 e. The molecule has 0 atom stereocenters. The number of anilines is 1. The van der Waals surface area contributed by atoms with Crippen LogP contribution in [0.15, 0.2) is 18.2 Å². The van der Waals surface area contributed by atoms with Crippen LogP contribution < -0.4 is 10.6 Å². The molecule has 106 valence electrons. The van der Waals surface area contributed by atoms with Gasteiger partial charge in [-0.05, 0) is 37.0 Å². The number of thioether (sulfide) groups is 1. The summed E-state index contributed by atoms with van der Waals surface area (Å²) in [6, 6.07) is 4.57. The summed E-state index contributed by atoms with van der Waals surface area (Å²) in [5, 5.41) is 5.79. The van der Waals surface area contributed by atoms with Crippen molar-refractivity contribution in [3.05, 3.63) is 29.6 Å². The van der Waals surface area contributed by atoms with Crippen LogP contribution in [0.4, 0.5) is 10.1 Å². The second kappa shape index (κ2) is 8.80. The predicted octanol–water partition coefficient (Wildman–Crippen LogP) is 3.13. The van der Waals surface area contributed by atoms with Crippen molar-refractivity contribution >= 4 is 23.4 Å². The molecule has 0 radical (unpaired) electrons. The topological polar surface area (TPSA) is 41.1 Å². The molecule has 0 unspecified atom stereocenters. The summed E-state index contributed by atoms with van der Waals surface area (Å²) >= 11 is 1.74.